The molecule has 0 aromatic heterocycles. The number of aliphatic carboxylic acids is 1. The average Bonchev–Trinajstić information content (AvgIpc) is 2.29. The van der Waals surface area contributed by atoms with Gasteiger partial charge in [0.2, 0.25) is 0 Å². The van der Waals surface area contributed by atoms with Gasteiger partial charge in [0.05, 0.1) is 6.61 Å². The van der Waals surface area contributed by atoms with Crippen LogP contribution in [0, 0.1) is 0 Å². The van der Waals surface area contributed by atoms with Crippen LogP contribution in [0.2, 0.25) is 0 Å². The summed E-state index contributed by atoms with van der Waals surface area (Å²) in [6.07, 6.45) is 0.0714. The molecule has 1 N–H and O–H groups in total. The van der Waals surface area contributed by atoms with Crippen LogP contribution >= 0.6 is 0 Å². The largest absolute Gasteiger partial charge is 0.481 e. The lowest BCUT2D eigenvalue weighted by atomic mass is 10.3. The Morgan fingerprint density at radius 3 is 2.06 bits per heavy atom. The molecular formula is C10H14O8. The molecule has 0 saturated heterocycles. The maximum absolute atomic E-state index is 11.0. The van der Waals surface area contributed by atoms with E-state index in [1.54, 1.807) is 0 Å². The quantitative estimate of drug-likeness (QED) is 0.353. The second-order valence-corrected chi connectivity index (χ2v) is 3.16. The van der Waals surface area contributed by atoms with Crippen molar-refractivity contribution in [2.45, 2.75) is 19.8 Å². The van der Waals surface area contributed by atoms with Gasteiger partial charge < -0.3 is 19.3 Å². The Morgan fingerprint density at radius 2 is 1.50 bits per heavy atom. The highest BCUT2D eigenvalue weighted by Crippen LogP contribution is 1.92. The number of carboxylic acids is 1. The van der Waals surface area contributed by atoms with Crippen LogP contribution in [0.4, 0.5) is 0 Å². The zero-order chi connectivity index (χ0) is 14.0. The van der Waals surface area contributed by atoms with Crippen LogP contribution in [0.5, 0.6) is 0 Å². The Kier molecular flexibility index (Phi) is 7.91. The third-order valence-electron chi connectivity index (χ3n) is 1.54. The molecule has 0 amide bonds. The first-order valence-electron chi connectivity index (χ1n) is 5.08. The second-order valence-electron chi connectivity index (χ2n) is 3.16. The number of rotatable bonds is 8. The highest BCUT2D eigenvalue weighted by atomic mass is 16.6. The lowest BCUT2D eigenvalue weighted by Gasteiger charge is -2.05. The lowest BCUT2D eigenvalue weighted by Crippen LogP contribution is -2.21. The van der Waals surface area contributed by atoms with Crippen molar-refractivity contribution in [2.75, 3.05) is 19.8 Å². The summed E-state index contributed by atoms with van der Waals surface area (Å²) in [6, 6.07) is 0. The van der Waals surface area contributed by atoms with Crippen molar-refractivity contribution in [2.24, 2.45) is 0 Å². The van der Waals surface area contributed by atoms with E-state index in [4.69, 9.17) is 5.11 Å². The predicted octanol–water partition coefficient (Wildman–Crippen LogP) is -0.499. The van der Waals surface area contributed by atoms with Crippen LogP contribution in [0.25, 0.3) is 0 Å². The van der Waals surface area contributed by atoms with Gasteiger partial charge in [0, 0.05) is 13.3 Å². The van der Waals surface area contributed by atoms with Crippen molar-refractivity contribution in [3.8, 4) is 0 Å². The Labute approximate surface area is 103 Å². The zero-order valence-corrected chi connectivity index (χ0v) is 9.84. The number of carboxylic acid groups (broad SMARTS) is 1. The van der Waals surface area contributed by atoms with Gasteiger partial charge >= 0.3 is 23.9 Å². The van der Waals surface area contributed by atoms with Gasteiger partial charge in [0.1, 0.15) is 0 Å². The summed E-state index contributed by atoms with van der Waals surface area (Å²) in [5.74, 6) is -3.29. The fraction of sp³-hybridized carbons (Fsp3) is 0.600. The maximum atomic E-state index is 11.0. The summed E-state index contributed by atoms with van der Waals surface area (Å²) in [5.41, 5.74) is 0. The summed E-state index contributed by atoms with van der Waals surface area (Å²) in [4.78, 5) is 42.3. The molecule has 102 valence electrons. The second kappa shape index (κ2) is 8.97. The Morgan fingerprint density at radius 1 is 0.944 bits per heavy atom. The van der Waals surface area contributed by atoms with Crippen molar-refractivity contribution in [1.29, 1.82) is 0 Å². The van der Waals surface area contributed by atoms with Crippen molar-refractivity contribution in [1.82, 2.24) is 0 Å². The molecular weight excluding hydrogens is 248 g/mol. The minimum absolute atomic E-state index is 0.0629. The molecule has 0 aromatic rings. The van der Waals surface area contributed by atoms with Gasteiger partial charge in [-0.25, -0.2) is 9.59 Å². The van der Waals surface area contributed by atoms with E-state index in [-0.39, 0.29) is 19.4 Å². The third-order valence-corrected chi connectivity index (χ3v) is 1.54. The molecule has 8 nitrogen and oxygen atoms in total. The van der Waals surface area contributed by atoms with Crippen molar-refractivity contribution in [3.05, 3.63) is 0 Å². The molecule has 0 aliphatic carbocycles. The molecule has 8 heteroatoms. The van der Waals surface area contributed by atoms with E-state index in [1.165, 1.54) is 0 Å². The van der Waals surface area contributed by atoms with Crippen LogP contribution in [-0.2, 0) is 33.4 Å². The molecule has 0 aliphatic rings. The first-order valence-corrected chi connectivity index (χ1v) is 5.08. The van der Waals surface area contributed by atoms with Gasteiger partial charge in [-0.1, -0.05) is 0 Å². The number of esters is 3. The first-order chi connectivity index (χ1) is 8.41. The van der Waals surface area contributed by atoms with Crippen molar-refractivity contribution >= 4 is 23.9 Å². The molecule has 18 heavy (non-hydrogen) atoms. The zero-order valence-electron chi connectivity index (χ0n) is 9.84. The molecule has 0 heterocycles. The highest BCUT2D eigenvalue weighted by molar-refractivity contribution is 5.78. The number of carbonyl (C=O) groups excluding carboxylic acids is 3. The topological polar surface area (TPSA) is 116 Å². The Bertz CT molecular complexity index is 322. The molecule has 0 radical (unpaired) electrons. The predicted molar refractivity (Wildman–Crippen MR) is 55.4 cm³/mol. The third kappa shape index (κ3) is 10.4. The number of ether oxygens (including phenoxy) is 3. The van der Waals surface area contributed by atoms with Crippen LogP contribution in [0.15, 0.2) is 0 Å². The Hall–Kier alpha value is -2.12. The highest BCUT2D eigenvalue weighted by Gasteiger charge is 2.10. The van der Waals surface area contributed by atoms with Gasteiger partial charge in [0.15, 0.2) is 13.2 Å². The maximum Gasteiger partial charge on any atom is 0.344 e. The molecule has 0 fully saturated rings. The van der Waals surface area contributed by atoms with E-state index < -0.39 is 37.1 Å². The molecule has 0 aromatic carbocycles. The normalized spacial score (nSPS) is 9.39. The molecule has 0 atom stereocenters. The van der Waals surface area contributed by atoms with E-state index >= 15 is 0 Å². The van der Waals surface area contributed by atoms with Crippen LogP contribution in [0.3, 0.4) is 0 Å². The van der Waals surface area contributed by atoms with E-state index in [1.807, 2.05) is 0 Å². The van der Waals surface area contributed by atoms with Gasteiger partial charge in [-0.05, 0) is 6.42 Å². The molecule has 0 aliphatic heterocycles. The van der Waals surface area contributed by atoms with E-state index in [9.17, 15) is 19.2 Å². The van der Waals surface area contributed by atoms with Crippen molar-refractivity contribution < 1.29 is 38.5 Å². The van der Waals surface area contributed by atoms with Crippen LogP contribution < -0.4 is 0 Å². The minimum atomic E-state index is -0.987. The van der Waals surface area contributed by atoms with Gasteiger partial charge in [-0.15, -0.1) is 0 Å². The van der Waals surface area contributed by atoms with E-state index in [0.29, 0.717) is 0 Å². The lowest BCUT2D eigenvalue weighted by molar-refractivity contribution is -0.164. The summed E-state index contributed by atoms with van der Waals surface area (Å²) in [5, 5.41) is 8.31. The number of hydrogen-bond acceptors (Lipinski definition) is 7. The smallest absolute Gasteiger partial charge is 0.344 e. The first kappa shape index (κ1) is 15.9. The summed E-state index contributed by atoms with van der Waals surface area (Å²) >= 11 is 0. The van der Waals surface area contributed by atoms with Crippen LogP contribution in [-0.4, -0.2) is 48.8 Å². The molecule has 0 spiro atoms. The van der Waals surface area contributed by atoms with Gasteiger partial charge in [0.25, 0.3) is 0 Å². The molecule has 0 saturated carbocycles. The molecule has 0 unspecified atom stereocenters. The van der Waals surface area contributed by atoms with Gasteiger partial charge in [-0.3, -0.25) is 9.59 Å². The van der Waals surface area contributed by atoms with Crippen molar-refractivity contribution in [3.63, 3.8) is 0 Å². The average molecular weight is 262 g/mol. The van der Waals surface area contributed by atoms with Gasteiger partial charge in [-0.2, -0.15) is 0 Å². The fourth-order valence-electron chi connectivity index (χ4n) is 0.793. The standard InChI is InChI=1S/C10H14O8/c1-7(11)17-5-10(15)18-6-9(14)16-4-2-3-8(12)13/h2-6H2,1H3,(H,12,13). The molecule has 0 bridgehead atoms. The number of carbonyl (C=O) groups is 4. The SMILES string of the molecule is CC(=O)OCC(=O)OCC(=O)OCCCC(=O)O. The summed E-state index contributed by atoms with van der Waals surface area (Å²) < 4.78 is 13.3. The summed E-state index contributed by atoms with van der Waals surface area (Å²) in [6.45, 7) is -0.106. The monoisotopic (exact) mass is 262 g/mol. The van der Waals surface area contributed by atoms with E-state index in [0.717, 1.165) is 6.92 Å². The summed E-state index contributed by atoms with van der Waals surface area (Å²) in [7, 11) is 0. The molecule has 0 rings (SSSR count). The fourth-order valence-corrected chi connectivity index (χ4v) is 0.793. The number of hydrogen-bond donors (Lipinski definition) is 1. The Balaban J connectivity index is 3.54. The van der Waals surface area contributed by atoms with Crippen LogP contribution in [0.1, 0.15) is 19.8 Å². The van der Waals surface area contributed by atoms with E-state index in [2.05, 4.69) is 14.2 Å². The minimum Gasteiger partial charge on any atom is -0.481 e.